The molecule has 3 rings (SSSR count). The molecule has 0 spiro atoms. The molecule has 0 heterocycles. The fraction of sp³-hybridized carbons (Fsp3) is 0.136. The first-order valence-corrected chi connectivity index (χ1v) is 10.9. The smallest absolute Gasteiger partial charge is 0.262 e. The van der Waals surface area contributed by atoms with Crippen molar-refractivity contribution in [1.29, 1.82) is 0 Å². The molecule has 3 aromatic rings. The molecule has 0 aliphatic rings. The van der Waals surface area contributed by atoms with Gasteiger partial charge < -0.3 is 10.1 Å². The van der Waals surface area contributed by atoms with Crippen molar-refractivity contribution in [2.24, 2.45) is 0 Å². The van der Waals surface area contributed by atoms with Crippen LogP contribution >= 0.6 is 11.6 Å². The summed E-state index contributed by atoms with van der Waals surface area (Å²) in [7, 11) is -2.12. The first-order valence-electron chi connectivity index (χ1n) is 9.13. The van der Waals surface area contributed by atoms with Crippen LogP contribution in [0, 0.1) is 0 Å². The molecule has 0 bridgehead atoms. The fourth-order valence-electron chi connectivity index (χ4n) is 2.72. The Morgan fingerprint density at radius 3 is 2.37 bits per heavy atom. The molecule has 8 heteroatoms. The summed E-state index contributed by atoms with van der Waals surface area (Å²) in [5.41, 5.74) is 1.37. The van der Waals surface area contributed by atoms with Crippen LogP contribution in [-0.2, 0) is 21.4 Å². The number of carbonyl (C=O) groups is 1. The number of ether oxygens (including phenoxy) is 1. The quantitative estimate of drug-likeness (QED) is 0.565. The molecule has 0 aliphatic heterocycles. The number of nitrogens with zero attached hydrogens (tertiary/aromatic N) is 1. The number of amides is 1. The van der Waals surface area contributed by atoms with Gasteiger partial charge in [0.05, 0.1) is 4.90 Å². The highest BCUT2D eigenvalue weighted by atomic mass is 35.5. The minimum Gasteiger partial charge on any atom is -0.484 e. The van der Waals surface area contributed by atoms with Gasteiger partial charge in [0.2, 0.25) is 10.0 Å². The molecule has 0 aromatic heterocycles. The number of nitrogens with one attached hydrogen (secondary N) is 1. The number of hydrogen-bond donors (Lipinski definition) is 1. The van der Waals surface area contributed by atoms with E-state index in [0.29, 0.717) is 16.5 Å². The molecule has 6 nitrogen and oxygen atoms in total. The standard InChI is InChI=1S/C22H21ClN2O4S/c1-25(15-17-6-3-2-4-7-17)30(27,28)21-12-10-19(11-13-21)24-22(26)16-29-20-9-5-8-18(23)14-20/h2-14H,15-16H2,1H3,(H,24,26). The van der Waals surface area contributed by atoms with E-state index in [-0.39, 0.29) is 24.0 Å². The van der Waals surface area contributed by atoms with Crippen molar-refractivity contribution in [3.8, 4) is 5.75 Å². The molecular formula is C22H21ClN2O4S. The second kappa shape index (κ2) is 9.75. The molecule has 30 heavy (non-hydrogen) atoms. The molecule has 0 unspecified atom stereocenters. The van der Waals surface area contributed by atoms with Crippen LogP contribution < -0.4 is 10.1 Å². The fourth-order valence-corrected chi connectivity index (χ4v) is 4.06. The van der Waals surface area contributed by atoms with Gasteiger partial charge in [0, 0.05) is 24.3 Å². The van der Waals surface area contributed by atoms with Crippen LogP contribution in [0.1, 0.15) is 5.56 Å². The van der Waals surface area contributed by atoms with E-state index in [1.54, 1.807) is 36.4 Å². The van der Waals surface area contributed by atoms with Gasteiger partial charge >= 0.3 is 0 Å². The van der Waals surface area contributed by atoms with Crippen LogP contribution in [-0.4, -0.2) is 32.3 Å². The van der Waals surface area contributed by atoms with E-state index in [9.17, 15) is 13.2 Å². The Hall–Kier alpha value is -2.87. The van der Waals surface area contributed by atoms with Gasteiger partial charge in [-0.3, -0.25) is 4.79 Å². The number of carbonyl (C=O) groups excluding carboxylic acids is 1. The monoisotopic (exact) mass is 444 g/mol. The van der Waals surface area contributed by atoms with E-state index in [1.165, 1.54) is 23.5 Å². The maximum absolute atomic E-state index is 12.8. The van der Waals surface area contributed by atoms with Gasteiger partial charge in [-0.25, -0.2) is 8.42 Å². The number of benzene rings is 3. The second-order valence-electron chi connectivity index (χ2n) is 6.57. The van der Waals surface area contributed by atoms with E-state index in [4.69, 9.17) is 16.3 Å². The van der Waals surface area contributed by atoms with Crippen LogP contribution in [0.25, 0.3) is 0 Å². The first-order chi connectivity index (χ1) is 14.3. The van der Waals surface area contributed by atoms with Gasteiger partial charge in [-0.2, -0.15) is 4.31 Å². The van der Waals surface area contributed by atoms with Crippen LogP contribution in [0.4, 0.5) is 5.69 Å². The zero-order valence-corrected chi connectivity index (χ0v) is 17.9. The minimum absolute atomic E-state index is 0.147. The second-order valence-corrected chi connectivity index (χ2v) is 9.05. The molecular weight excluding hydrogens is 424 g/mol. The molecule has 0 saturated heterocycles. The van der Waals surface area contributed by atoms with Crippen molar-refractivity contribution < 1.29 is 17.9 Å². The topological polar surface area (TPSA) is 75.7 Å². The van der Waals surface area contributed by atoms with Gasteiger partial charge in [-0.05, 0) is 48.0 Å². The molecule has 156 valence electrons. The van der Waals surface area contributed by atoms with E-state index in [2.05, 4.69) is 5.32 Å². The summed E-state index contributed by atoms with van der Waals surface area (Å²) in [6.07, 6.45) is 0. The maximum atomic E-state index is 12.8. The number of halogens is 1. The summed E-state index contributed by atoms with van der Waals surface area (Å²) in [6, 6.07) is 22.1. The molecule has 0 atom stereocenters. The van der Waals surface area contributed by atoms with Crippen molar-refractivity contribution in [1.82, 2.24) is 4.31 Å². The van der Waals surface area contributed by atoms with Crippen molar-refractivity contribution in [3.63, 3.8) is 0 Å². The molecule has 1 N–H and O–H groups in total. The average Bonchev–Trinajstić information content (AvgIpc) is 2.73. The largest absolute Gasteiger partial charge is 0.484 e. The summed E-state index contributed by atoms with van der Waals surface area (Å²) in [5, 5.41) is 3.18. The van der Waals surface area contributed by atoms with E-state index < -0.39 is 10.0 Å². The van der Waals surface area contributed by atoms with Gasteiger partial charge in [-0.15, -0.1) is 0 Å². The summed E-state index contributed by atoms with van der Waals surface area (Å²) >= 11 is 5.88. The molecule has 0 saturated carbocycles. The van der Waals surface area contributed by atoms with Gasteiger partial charge in [0.1, 0.15) is 5.75 Å². The lowest BCUT2D eigenvalue weighted by atomic mass is 10.2. The van der Waals surface area contributed by atoms with Crippen molar-refractivity contribution >= 4 is 33.2 Å². The van der Waals surface area contributed by atoms with Crippen LogP contribution in [0.5, 0.6) is 5.75 Å². The Balaban J connectivity index is 1.58. The van der Waals surface area contributed by atoms with Crippen molar-refractivity contribution in [2.75, 3.05) is 19.0 Å². The summed E-state index contributed by atoms with van der Waals surface area (Å²) in [4.78, 5) is 12.2. The SMILES string of the molecule is CN(Cc1ccccc1)S(=O)(=O)c1ccc(NC(=O)COc2cccc(Cl)c2)cc1. The van der Waals surface area contributed by atoms with E-state index >= 15 is 0 Å². The Kier molecular flexibility index (Phi) is 7.10. The summed E-state index contributed by atoms with van der Waals surface area (Å²) in [5.74, 6) is 0.118. The van der Waals surface area contributed by atoms with Gasteiger partial charge in [-0.1, -0.05) is 48.0 Å². The lowest BCUT2D eigenvalue weighted by molar-refractivity contribution is -0.118. The predicted octanol–water partition coefficient (Wildman–Crippen LogP) is 4.18. The lowest BCUT2D eigenvalue weighted by Crippen LogP contribution is -2.26. The third kappa shape index (κ3) is 5.82. The van der Waals surface area contributed by atoms with E-state index in [1.807, 2.05) is 30.3 Å². The lowest BCUT2D eigenvalue weighted by Gasteiger charge is -2.17. The third-order valence-electron chi connectivity index (χ3n) is 4.26. The highest BCUT2D eigenvalue weighted by Crippen LogP contribution is 2.20. The van der Waals surface area contributed by atoms with Crippen molar-refractivity contribution in [2.45, 2.75) is 11.4 Å². The Morgan fingerprint density at radius 2 is 1.70 bits per heavy atom. The maximum Gasteiger partial charge on any atom is 0.262 e. The Labute approximate surface area is 181 Å². The summed E-state index contributed by atoms with van der Waals surface area (Å²) in [6.45, 7) is 0.0721. The first kappa shape index (κ1) is 21.8. The Bertz CT molecular complexity index is 1100. The van der Waals surface area contributed by atoms with Crippen LogP contribution in [0.2, 0.25) is 5.02 Å². The predicted molar refractivity (Wildman–Crippen MR) is 117 cm³/mol. The van der Waals surface area contributed by atoms with Crippen LogP contribution in [0.15, 0.2) is 83.8 Å². The van der Waals surface area contributed by atoms with Gasteiger partial charge in [0.15, 0.2) is 6.61 Å². The molecule has 0 aliphatic carbocycles. The van der Waals surface area contributed by atoms with Crippen LogP contribution in [0.3, 0.4) is 0 Å². The molecule has 3 aromatic carbocycles. The van der Waals surface area contributed by atoms with Crippen molar-refractivity contribution in [3.05, 3.63) is 89.4 Å². The Morgan fingerprint density at radius 1 is 1.00 bits per heavy atom. The minimum atomic E-state index is -3.65. The number of hydrogen-bond acceptors (Lipinski definition) is 4. The van der Waals surface area contributed by atoms with Gasteiger partial charge in [0.25, 0.3) is 5.91 Å². The number of sulfonamides is 1. The summed E-state index contributed by atoms with van der Waals surface area (Å²) < 4.78 is 32.2. The average molecular weight is 445 g/mol. The highest BCUT2D eigenvalue weighted by Gasteiger charge is 2.20. The number of rotatable bonds is 8. The normalized spacial score (nSPS) is 11.3. The van der Waals surface area contributed by atoms with E-state index in [0.717, 1.165) is 5.56 Å². The molecule has 0 radical (unpaired) electrons. The molecule has 1 amide bonds. The zero-order valence-electron chi connectivity index (χ0n) is 16.3. The molecule has 0 fully saturated rings. The zero-order chi connectivity index (χ0) is 21.6. The third-order valence-corrected chi connectivity index (χ3v) is 6.31. The highest BCUT2D eigenvalue weighted by molar-refractivity contribution is 7.89. The number of anilines is 1.